The van der Waals surface area contributed by atoms with Crippen molar-refractivity contribution in [3.63, 3.8) is 0 Å². The van der Waals surface area contributed by atoms with Crippen molar-refractivity contribution < 1.29 is 9.59 Å². The summed E-state index contributed by atoms with van der Waals surface area (Å²) in [6.07, 6.45) is 3.51. The number of carbonyl (C=O) groups excluding carboxylic acids is 2. The van der Waals surface area contributed by atoms with Crippen LogP contribution < -0.4 is 5.32 Å². The van der Waals surface area contributed by atoms with Crippen LogP contribution in [0.1, 0.15) is 47.5 Å². The summed E-state index contributed by atoms with van der Waals surface area (Å²) in [6.45, 7) is 9.06. The van der Waals surface area contributed by atoms with E-state index in [1.54, 1.807) is 12.1 Å². The van der Waals surface area contributed by atoms with Gasteiger partial charge in [0.1, 0.15) is 5.69 Å². The fourth-order valence-electron chi connectivity index (χ4n) is 2.60. The molecule has 0 saturated carbocycles. The van der Waals surface area contributed by atoms with E-state index in [0.29, 0.717) is 30.9 Å². The highest BCUT2D eigenvalue weighted by atomic mass is 16.2. The zero-order valence-corrected chi connectivity index (χ0v) is 14.0. The minimum absolute atomic E-state index is 0.0936. The van der Waals surface area contributed by atoms with Crippen LogP contribution in [-0.2, 0) is 0 Å². The molecule has 1 aromatic heterocycles. The summed E-state index contributed by atoms with van der Waals surface area (Å²) in [5, 5.41) is 2.86. The Bertz CT molecular complexity index is 539. The molecule has 1 N–H and O–H groups in total. The molecule has 0 bridgehead atoms. The van der Waals surface area contributed by atoms with Crippen molar-refractivity contribution in [3.8, 4) is 0 Å². The lowest BCUT2D eigenvalue weighted by molar-refractivity contribution is 0.0637. The quantitative estimate of drug-likeness (QED) is 0.805. The Morgan fingerprint density at radius 1 is 1.22 bits per heavy atom. The molecule has 1 aromatic rings. The normalized spacial score (nSPS) is 15.5. The number of pyridine rings is 1. The molecule has 23 heavy (non-hydrogen) atoms. The summed E-state index contributed by atoms with van der Waals surface area (Å²) in [5.74, 6) is -0.241. The Morgan fingerprint density at radius 2 is 1.96 bits per heavy atom. The van der Waals surface area contributed by atoms with E-state index in [4.69, 9.17) is 0 Å². The van der Waals surface area contributed by atoms with Gasteiger partial charge in [0, 0.05) is 44.5 Å². The number of likely N-dealkylation sites (N-methyl/N-ethyl adjacent to an activating group) is 1. The summed E-state index contributed by atoms with van der Waals surface area (Å²) >= 11 is 0. The minimum Gasteiger partial charge on any atom is -0.352 e. The summed E-state index contributed by atoms with van der Waals surface area (Å²) < 4.78 is 0. The Labute approximate surface area is 137 Å². The highest BCUT2D eigenvalue weighted by molar-refractivity contribution is 5.98. The molecular weight excluding hydrogens is 292 g/mol. The van der Waals surface area contributed by atoms with Crippen LogP contribution in [0.3, 0.4) is 0 Å². The molecule has 1 aliphatic heterocycles. The maximum absolute atomic E-state index is 12.5. The van der Waals surface area contributed by atoms with E-state index >= 15 is 0 Å². The van der Waals surface area contributed by atoms with E-state index in [1.165, 1.54) is 6.20 Å². The first kappa shape index (κ1) is 17.4. The highest BCUT2D eigenvalue weighted by Crippen LogP contribution is 2.09. The molecule has 1 fully saturated rings. The number of nitrogens with one attached hydrogen (secondary N) is 1. The smallest absolute Gasteiger partial charge is 0.272 e. The van der Waals surface area contributed by atoms with Crippen LogP contribution in [0, 0.1) is 0 Å². The van der Waals surface area contributed by atoms with E-state index in [9.17, 15) is 9.59 Å². The van der Waals surface area contributed by atoms with Crippen molar-refractivity contribution in [1.29, 1.82) is 0 Å². The molecule has 0 aromatic carbocycles. The van der Waals surface area contributed by atoms with Gasteiger partial charge in [-0.1, -0.05) is 20.3 Å². The van der Waals surface area contributed by atoms with Crippen LogP contribution in [0.4, 0.5) is 0 Å². The van der Waals surface area contributed by atoms with Gasteiger partial charge >= 0.3 is 0 Å². The summed E-state index contributed by atoms with van der Waals surface area (Å²) in [6, 6.07) is 3.24. The average molecular weight is 318 g/mol. The fraction of sp³-hybridized carbons (Fsp3) is 0.588. The lowest BCUT2D eigenvalue weighted by atomic mass is 10.2. The van der Waals surface area contributed by atoms with Gasteiger partial charge in [0.25, 0.3) is 11.8 Å². The number of rotatable bonds is 6. The lowest BCUT2D eigenvalue weighted by Gasteiger charge is -2.33. The van der Waals surface area contributed by atoms with Crippen LogP contribution >= 0.6 is 0 Å². The van der Waals surface area contributed by atoms with Crippen LogP contribution in [-0.4, -0.2) is 65.9 Å². The molecule has 2 amide bonds. The third-order valence-electron chi connectivity index (χ3n) is 4.16. The van der Waals surface area contributed by atoms with Gasteiger partial charge in [-0.05, 0) is 25.1 Å². The number of hydrogen-bond acceptors (Lipinski definition) is 4. The van der Waals surface area contributed by atoms with Gasteiger partial charge in [-0.15, -0.1) is 0 Å². The number of hydrogen-bond donors (Lipinski definition) is 1. The van der Waals surface area contributed by atoms with Crippen molar-refractivity contribution in [1.82, 2.24) is 20.1 Å². The second kappa shape index (κ2) is 8.62. The van der Waals surface area contributed by atoms with Crippen molar-refractivity contribution >= 4 is 11.8 Å². The van der Waals surface area contributed by atoms with Gasteiger partial charge < -0.3 is 15.1 Å². The van der Waals surface area contributed by atoms with E-state index in [1.807, 2.05) is 4.90 Å². The molecule has 1 saturated heterocycles. The maximum atomic E-state index is 12.5. The SMILES string of the molecule is CCCCNC(=O)c1ccnc(C(=O)N2CCN(CC)CC2)c1. The van der Waals surface area contributed by atoms with Gasteiger partial charge in [-0.25, -0.2) is 0 Å². The summed E-state index contributed by atoms with van der Waals surface area (Å²) in [4.78, 5) is 32.9. The van der Waals surface area contributed by atoms with Gasteiger partial charge in [-0.3, -0.25) is 14.6 Å². The molecule has 0 spiro atoms. The first-order chi connectivity index (χ1) is 11.2. The first-order valence-corrected chi connectivity index (χ1v) is 8.41. The molecule has 0 radical (unpaired) electrons. The van der Waals surface area contributed by atoms with Crippen molar-refractivity contribution in [2.45, 2.75) is 26.7 Å². The zero-order chi connectivity index (χ0) is 16.7. The molecule has 2 rings (SSSR count). The van der Waals surface area contributed by atoms with Gasteiger partial charge in [0.2, 0.25) is 0 Å². The Morgan fingerprint density at radius 3 is 2.61 bits per heavy atom. The van der Waals surface area contributed by atoms with Crippen LogP contribution in [0.25, 0.3) is 0 Å². The fourth-order valence-corrected chi connectivity index (χ4v) is 2.60. The Kier molecular flexibility index (Phi) is 6.52. The number of amides is 2. The Hall–Kier alpha value is -1.95. The van der Waals surface area contributed by atoms with E-state index in [-0.39, 0.29) is 11.8 Å². The van der Waals surface area contributed by atoms with Crippen molar-refractivity contribution in [2.75, 3.05) is 39.3 Å². The molecule has 2 heterocycles. The van der Waals surface area contributed by atoms with Crippen LogP contribution in [0.15, 0.2) is 18.3 Å². The van der Waals surface area contributed by atoms with Crippen LogP contribution in [0.5, 0.6) is 0 Å². The third kappa shape index (κ3) is 4.76. The Balaban J connectivity index is 1.98. The topological polar surface area (TPSA) is 65.5 Å². The molecule has 126 valence electrons. The molecule has 6 nitrogen and oxygen atoms in total. The monoisotopic (exact) mass is 318 g/mol. The predicted octanol–water partition coefficient (Wildman–Crippen LogP) is 1.39. The zero-order valence-electron chi connectivity index (χ0n) is 14.0. The number of nitrogens with zero attached hydrogens (tertiary/aromatic N) is 3. The van der Waals surface area contributed by atoms with E-state index < -0.39 is 0 Å². The average Bonchev–Trinajstić information content (AvgIpc) is 2.61. The number of carbonyl (C=O) groups is 2. The number of unbranched alkanes of at least 4 members (excludes halogenated alkanes) is 1. The standard InChI is InChI=1S/C17H26N4O2/c1-3-5-7-19-16(22)14-6-8-18-15(13-14)17(23)21-11-9-20(4-2)10-12-21/h6,8,13H,3-5,7,9-12H2,1-2H3,(H,19,22). The molecule has 0 atom stereocenters. The molecule has 6 heteroatoms. The van der Waals surface area contributed by atoms with Crippen LogP contribution in [0.2, 0.25) is 0 Å². The van der Waals surface area contributed by atoms with E-state index in [0.717, 1.165) is 32.5 Å². The highest BCUT2D eigenvalue weighted by Gasteiger charge is 2.22. The molecule has 0 unspecified atom stereocenters. The molecular formula is C17H26N4O2. The third-order valence-corrected chi connectivity index (χ3v) is 4.16. The van der Waals surface area contributed by atoms with Gasteiger partial charge in [0.05, 0.1) is 0 Å². The maximum Gasteiger partial charge on any atom is 0.272 e. The second-order valence-electron chi connectivity index (χ2n) is 5.77. The molecule has 0 aliphatic carbocycles. The van der Waals surface area contributed by atoms with Gasteiger partial charge in [-0.2, -0.15) is 0 Å². The molecule has 1 aliphatic rings. The number of piperazine rings is 1. The largest absolute Gasteiger partial charge is 0.352 e. The van der Waals surface area contributed by atoms with Gasteiger partial charge in [0.15, 0.2) is 0 Å². The van der Waals surface area contributed by atoms with Crippen molar-refractivity contribution in [3.05, 3.63) is 29.6 Å². The summed E-state index contributed by atoms with van der Waals surface area (Å²) in [5.41, 5.74) is 0.838. The number of aromatic nitrogens is 1. The lowest BCUT2D eigenvalue weighted by Crippen LogP contribution is -2.48. The van der Waals surface area contributed by atoms with Crippen molar-refractivity contribution in [2.24, 2.45) is 0 Å². The second-order valence-corrected chi connectivity index (χ2v) is 5.77. The predicted molar refractivity (Wildman–Crippen MR) is 89.5 cm³/mol. The minimum atomic E-state index is -0.147. The first-order valence-electron chi connectivity index (χ1n) is 8.41. The summed E-state index contributed by atoms with van der Waals surface area (Å²) in [7, 11) is 0. The van der Waals surface area contributed by atoms with E-state index in [2.05, 4.69) is 29.0 Å².